The summed E-state index contributed by atoms with van der Waals surface area (Å²) in [4.78, 5) is 11.9. The molecule has 0 saturated carbocycles. The second kappa shape index (κ2) is 6.66. The number of aromatic nitrogens is 2. The summed E-state index contributed by atoms with van der Waals surface area (Å²) in [7, 11) is 1.50. The molecule has 5 nitrogen and oxygen atoms in total. The topological polar surface area (TPSA) is 64.3 Å². The first-order valence-corrected chi connectivity index (χ1v) is 6.02. The number of rotatable bonds is 3. The van der Waals surface area contributed by atoms with E-state index in [2.05, 4.69) is 16.9 Å². The van der Waals surface area contributed by atoms with Gasteiger partial charge in [0, 0.05) is 18.7 Å². The summed E-state index contributed by atoms with van der Waals surface area (Å²) in [5, 5.41) is 13.1. The fourth-order valence-corrected chi connectivity index (χ4v) is 1.74. The molecule has 0 unspecified atom stereocenters. The number of aliphatic hydroxyl groups excluding tert-OH is 1. The zero-order valence-corrected chi connectivity index (χ0v) is 11.0. The van der Waals surface area contributed by atoms with Gasteiger partial charge in [-0.25, -0.2) is 4.68 Å². The molecule has 5 heteroatoms. The summed E-state index contributed by atoms with van der Waals surface area (Å²) in [6.07, 6.45) is 0. The minimum absolute atomic E-state index is 0.0758. The minimum atomic E-state index is -0.297. The third-order valence-electron chi connectivity index (χ3n) is 2.60. The number of ether oxygens (including phenoxy) is 1. The Morgan fingerprint density at radius 1 is 1.35 bits per heavy atom. The Morgan fingerprint density at radius 3 is 2.75 bits per heavy atom. The van der Waals surface area contributed by atoms with Crippen LogP contribution in [0.5, 0.6) is 0 Å². The number of hydrogen-bond acceptors (Lipinski definition) is 4. The minimum Gasteiger partial charge on any atom is -0.384 e. The Bertz CT molecular complexity index is 697. The zero-order valence-electron chi connectivity index (χ0n) is 11.0. The lowest BCUT2D eigenvalue weighted by molar-refractivity contribution is 0.116. The lowest BCUT2D eigenvalue weighted by Gasteiger charge is -2.08. The van der Waals surface area contributed by atoms with Crippen molar-refractivity contribution in [2.24, 2.45) is 0 Å². The van der Waals surface area contributed by atoms with Crippen LogP contribution in [-0.4, -0.2) is 28.6 Å². The van der Waals surface area contributed by atoms with Crippen LogP contribution in [-0.2, 0) is 11.5 Å². The average molecular weight is 270 g/mol. The first kappa shape index (κ1) is 14.0. The molecule has 0 aliphatic carbocycles. The molecule has 1 heterocycles. The molecule has 0 spiro atoms. The summed E-state index contributed by atoms with van der Waals surface area (Å²) in [6.45, 7) is -0.193. The number of methoxy groups -OCH3 is 1. The van der Waals surface area contributed by atoms with Crippen LogP contribution in [0.3, 0.4) is 0 Å². The van der Waals surface area contributed by atoms with Crippen LogP contribution in [0, 0.1) is 11.8 Å². The molecule has 1 aromatic carbocycles. The first-order valence-electron chi connectivity index (χ1n) is 6.02. The quantitative estimate of drug-likeness (QED) is 0.840. The van der Waals surface area contributed by atoms with E-state index >= 15 is 0 Å². The molecular formula is C15H14N2O3. The van der Waals surface area contributed by atoms with Gasteiger partial charge in [0.2, 0.25) is 0 Å². The van der Waals surface area contributed by atoms with Crippen molar-refractivity contribution in [3.8, 4) is 23.1 Å². The highest BCUT2D eigenvalue weighted by atomic mass is 16.5. The van der Waals surface area contributed by atoms with Gasteiger partial charge in [0.05, 0.1) is 5.56 Å². The SMILES string of the molecule is COCn1nc(-c2ccccc2)c(C#CCO)cc1=O. The Morgan fingerprint density at radius 2 is 2.10 bits per heavy atom. The molecule has 0 saturated heterocycles. The van der Waals surface area contributed by atoms with Crippen LogP contribution < -0.4 is 5.56 Å². The number of benzene rings is 1. The van der Waals surface area contributed by atoms with E-state index in [1.807, 2.05) is 30.3 Å². The van der Waals surface area contributed by atoms with Crippen molar-refractivity contribution < 1.29 is 9.84 Å². The summed E-state index contributed by atoms with van der Waals surface area (Å²) in [5.41, 5.74) is 1.62. The van der Waals surface area contributed by atoms with Gasteiger partial charge in [-0.05, 0) is 0 Å². The number of nitrogens with zero attached hydrogens (tertiary/aromatic N) is 2. The van der Waals surface area contributed by atoms with Gasteiger partial charge < -0.3 is 9.84 Å². The van der Waals surface area contributed by atoms with Crippen LogP contribution in [0.4, 0.5) is 0 Å². The first-order chi connectivity index (χ1) is 9.76. The molecule has 0 radical (unpaired) electrons. The molecular weight excluding hydrogens is 256 g/mol. The van der Waals surface area contributed by atoms with Crippen molar-refractivity contribution in [2.75, 3.05) is 13.7 Å². The second-order valence-electron chi connectivity index (χ2n) is 3.99. The maximum atomic E-state index is 11.9. The third kappa shape index (κ3) is 3.12. The molecule has 2 aromatic rings. The van der Waals surface area contributed by atoms with E-state index in [1.54, 1.807) is 0 Å². The predicted molar refractivity (Wildman–Crippen MR) is 74.9 cm³/mol. The molecule has 102 valence electrons. The maximum absolute atomic E-state index is 11.9. The van der Waals surface area contributed by atoms with Crippen LogP contribution >= 0.6 is 0 Å². The van der Waals surface area contributed by atoms with Gasteiger partial charge >= 0.3 is 0 Å². The lowest BCUT2D eigenvalue weighted by Crippen LogP contribution is -2.24. The summed E-state index contributed by atoms with van der Waals surface area (Å²) < 4.78 is 6.17. The Balaban J connectivity index is 2.62. The highest BCUT2D eigenvalue weighted by Gasteiger charge is 2.09. The fraction of sp³-hybridized carbons (Fsp3) is 0.200. The normalized spacial score (nSPS) is 9.90. The average Bonchev–Trinajstić information content (AvgIpc) is 2.48. The second-order valence-corrected chi connectivity index (χ2v) is 3.99. The molecule has 0 aliphatic heterocycles. The van der Waals surface area contributed by atoms with Gasteiger partial charge in [0.1, 0.15) is 19.0 Å². The van der Waals surface area contributed by atoms with Crippen molar-refractivity contribution in [3.63, 3.8) is 0 Å². The van der Waals surface area contributed by atoms with E-state index in [-0.39, 0.29) is 18.9 Å². The molecule has 0 bridgehead atoms. The predicted octanol–water partition coefficient (Wildman–Crippen LogP) is 0.858. The van der Waals surface area contributed by atoms with E-state index in [1.165, 1.54) is 17.9 Å². The molecule has 0 atom stereocenters. The van der Waals surface area contributed by atoms with Crippen LogP contribution in [0.15, 0.2) is 41.2 Å². The van der Waals surface area contributed by atoms with Crippen molar-refractivity contribution >= 4 is 0 Å². The molecule has 0 fully saturated rings. The van der Waals surface area contributed by atoms with Crippen molar-refractivity contribution in [3.05, 3.63) is 52.3 Å². The Kier molecular flexibility index (Phi) is 4.66. The zero-order chi connectivity index (χ0) is 14.4. The van der Waals surface area contributed by atoms with E-state index in [4.69, 9.17) is 9.84 Å². The summed E-state index contributed by atoms with van der Waals surface area (Å²) in [5.74, 6) is 5.29. The molecule has 2 rings (SSSR count). The Hall–Kier alpha value is -2.42. The fourth-order valence-electron chi connectivity index (χ4n) is 1.74. The smallest absolute Gasteiger partial charge is 0.270 e. The number of aliphatic hydroxyl groups is 1. The van der Waals surface area contributed by atoms with Crippen LogP contribution in [0.2, 0.25) is 0 Å². The standard InChI is InChI=1S/C15H14N2O3/c1-20-11-17-14(19)10-13(8-5-9-18)15(16-17)12-6-3-2-4-7-12/h2-4,6-7,10,18H,9,11H2,1H3. The maximum Gasteiger partial charge on any atom is 0.270 e. The van der Waals surface area contributed by atoms with E-state index < -0.39 is 0 Å². The third-order valence-corrected chi connectivity index (χ3v) is 2.60. The molecule has 20 heavy (non-hydrogen) atoms. The van der Waals surface area contributed by atoms with Gasteiger partial charge in [0.15, 0.2) is 0 Å². The van der Waals surface area contributed by atoms with Crippen molar-refractivity contribution in [1.82, 2.24) is 9.78 Å². The molecule has 0 amide bonds. The van der Waals surface area contributed by atoms with Gasteiger partial charge in [-0.3, -0.25) is 4.79 Å². The highest BCUT2D eigenvalue weighted by molar-refractivity contribution is 5.66. The molecule has 0 aliphatic rings. The molecule has 1 aromatic heterocycles. The van der Waals surface area contributed by atoms with Gasteiger partial charge in [0.25, 0.3) is 5.56 Å². The van der Waals surface area contributed by atoms with Crippen molar-refractivity contribution in [1.29, 1.82) is 0 Å². The molecule has 1 N–H and O–H groups in total. The lowest BCUT2D eigenvalue weighted by atomic mass is 10.1. The van der Waals surface area contributed by atoms with Crippen molar-refractivity contribution in [2.45, 2.75) is 6.73 Å². The largest absolute Gasteiger partial charge is 0.384 e. The highest BCUT2D eigenvalue weighted by Crippen LogP contribution is 2.18. The van der Waals surface area contributed by atoms with Gasteiger partial charge in [-0.2, -0.15) is 5.10 Å². The summed E-state index contributed by atoms with van der Waals surface area (Å²) in [6, 6.07) is 10.8. The van der Waals surface area contributed by atoms with Gasteiger partial charge in [-0.15, -0.1) is 0 Å². The van der Waals surface area contributed by atoms with E-state index in [0.717, 1.165) is 5.56 Å². The summed E-state index contributed by atoms with van der Waals surface area (Å²) >= 11 is 0. The Labute approximate surface area is 116 Å². The monoisotopic (exact) mass is 270 g/mol. The number of hydrogen-bond donors (Lipinski definition) is 1. The van der Waals surface area contributed by atoms with E-state index in [9.17, 15) is 4.79 Å². The van der Waals surface area contributed by atoms with Gasteiger partial charge in [-0.1, -0.05) is 42.2 Å². The van der Waals surface area contributed by atoms with Crippen LogP contribution in [0.1, 0.15) is 5.56 Å². The van der Waals surface area contributed by atoms with E-state index in [0.29, 0.717) is 11.3 Å². The van der Waals surface area contributed by atoms with Crippen LogP contribution in [0.25, 0.3) is 11.3 Å².